The fourth-order valence-corrected chi connectivity index (χ4v) is 3.70. The first-order valence-corrected chi connectivity index (χ1v) is 10.9. The van der Waals surface area contributed by atoms with Gasteiger partial charge in [-0.3, -0.25) is 14.4 Å². The molecule has 1 aromatic heterocycles. The van der Waals surface area contributed by atoms with Gasteiger partial charge in [-0.25, -0.2) is 4.98 Å². The molecule has 2 amide bonds. The second-order valence-electron chi connectivity index (χ2n) is 6.23. The molecule has 0 atom stereocenters. The number of thioether (sulfide) groups is 1. The zero-order valence-corrected chi connectivity index (χ0v) is 17.1. The van der Waals surface area contributed by atoms with Crippen LogP contribution in [0, 0.1) is 0 Å². The van der Waals surface area contributed by atoms with Gasteiger partial charge in [-0.1, -0.05) is 31.0 Å². The van der Waals surface area contributed by atoms with E-state index in [1.54, 1.807) is 16.8 Å². The van der Waals surface area contributed by atoms with Crippen LogP contribution in [-0.2, 0) is 14.4 Å². The van der Waals surface area contributed by atoms with E-state index in [-0.39, 0.29) is 22.7 Å². The van der Waals surface area contributed by atoms with Crippen LogP contribution in [0.3, 0.4) is 0 Å². The van der Waals surface area contributed by atoms with E-state index in [1.165, 1.54) is 6.92 Å². The van der Waals surface area contributed by atoms with E-state index >= 15 is 0 Å². The van der Waals surface area contributed by atoms with Gasteiger partial charge < -0.3 is 10.6 Å². The summed E-state index contributed by atoms with van der Waals surface area (Å²) in [4.78, 5) is 38.4. The first kappa shape index (κ1) is 21.4. The van der Waals surface area contributed by atoms with Gasteiger partial charge in [0.1, 0.15) is 0 Å². The van der Waals surface area contributed by atoms with Crippen LogP contribution in [-0.4, -0.2) is 34.2 Å². The van der Waals surface area contributed by atoms with Crippen molar-refractivity contribution in [2.24, 2.45) is 0 Å². The van der Waals surface area contributed by atoms with Gasteiger partial charge in [-0.05, 0) is 31.0 Å². The fourth-order valence-electron chi connectivity index (χ4n) is 2.54. The number of fused-ring (bicyclic) bond motifs is 1. The SMILES string of the molecule is CC(=O)SCC(=O)NCCCCCCCC(=O)Nc1ccc2ncsc2c1. The van der Waals surface area contributed by atoms with Crippen molar-refractivity contribution in [2.75, 3.05) is 17.6 Å². The maximum Gasteiger partial charge on any atom is 0.230 e. The molecule has 1 heterocycles. The van der Waals surface area contributed by atoms with Crippen molar-refractivity contribution in [3.05, 3.63) is 23.7 Å². The largest absolute Gasteiger partial charge is 0.355 e. The number of unbranched alkanes of at least 4 members (excludes halogenated alkanes) is 4. The third-order valence-corrected chi connectivity index (χ3v) is 5.53. The van der Waals surface area contributed by atoms with E-state index in [0.29, 0.717) is 13.0 Å². The van der Waals surface area contributed by atoms with Crippen molar-refractivity contribution in [2.45, 2.75) is 45.4 Å². The van der Waals surface area contributed by atoms with Crippen LogP contribution in [0.4, 0.5) is 5.69 Å². The van der Waals surface area contributed by atoms with E-state index in [1.807, 2.05) is 18.2 Å². The van der Waals surface area contributed by atoms with Crippen LogP contribution in [0.15, 0.2) is 23.7 Å². The van der Waals surface area contributed by atoms with E-state index in [0.717, 1.165) is 59.8 Å². The molecule has 6 nitrogen and oxygen atoms in total. The van der Waals surface area contributed by atoms with Gasteiger partial charge in [-0.15, -0.1) is 11.3 Å². The van der Waals surface area contributed by atoms with Crippen LogP contribution in [0.2, 0.25) is 0 Å². The molecular formula is C19H25N3O3S2. The number of aromatic nitrogens is 1. The molecule has 0 fully saturated rings. The Kier molecular flexibility index (Phi) is 9.27. The summed E-state index contributed by atoms with van der Waals surface area (Å²) in [7, 11) is 0. The van der Waals surface area contributed by atoms with Gasteiger partial charge in [-0.2, -0.15) is 0 Å². The Morgan fingerprint density at radius 3 is 2.67 bits per heavy atom. The van der Waals surface area contributed by atoms with Crippen LogP contribution >= 0.6 is 23.1 Å². The quantitative estimate of drug-likeness (QED) is 0.550. The Labute approximate surface area is 167 Å². The molecule has 0 aliphatic heterocycles. The number of amides is 2. The summed E-state index contributed by atoms with van der Waals surface area (Å²) in [6, 6.07) is 5.75. The average Bonchev–Trinajstić information content (AvgIpc) is 3.10. The first-order valence-electron chi connectivity index (χ1n) is 9.08. The lowest BCUT2D eigenvalue weighted by molar-refractivity contribution is -0.119. The average molecular weight is 408 g/mol. The van der Waals surface area contributed by atoms with E-state index < -0.39 is 0 Å². The Balaban J connectivity index is 1.48. The van der Waals surface area contributed by atoms with Gasteiger partial charge >= 0.3 is 0 Å². The molecule has 2 rings (SSSR count). The molecule has 0 saturated carbocycles. The minimum Gasteiger partial charge on any atom is -0.355 e. The number of anilines is 1. The van der Waals surface area contributed by atoms with E-state index in [2.05, 4.69) is 15.6 Å². The predicted octanol–water partition coefficient (Wildman–Crippen LogP) is 3.97. The lowest BCUT2D eigenvalue weighted by atomic mass is 10.1. The monoisotopic (exact) mass is 407 g/mol. The number of hydrogen-bond acceptors (Lipinski definition) is 6. The molecule has 0 aliphatic carbocycles. The Hall–Kier alpha value is -1.93. The summed E-state index contributed by atoms with van der Waals surface area (Å²) in [6.45, 7) is 2.09. The molecule has 0 spiro atoms. The number of thiazole rings is 1. The summed E-state index contributed by atoms with van der Waals surface area (Å²) in [5.74, 6) is 0.137. The lowest BCUT2D eigenvalue weighted by Crippen LogP contribution is -2.26. The van der Waals surface area contributed by atoms with E-state index in [4.69, 9.17) is 0 Å². The van der Waals surface area contributed by atoms with Crippen molar-refractivity contribution in [1.82, 2.24) is 10.3 Å². The van der Waals surface area contributed by atoms with Crippen molar-refractivity contribution in [3.63, 3.8) is 0 Å². The topological polar surface area (TPSA) is 88.2 Å². The van der Waals surface area contributed by atoms with Gasteiger partial charge in [0, 0.05) is 25.6 Å². The Bertz CT molecular complexity index is 776. The van der Waals surface area contributed by atoms with Gasteiger partial charge in [0.05, 0.1) is 21.5 Å². The molecule has 0 unspecified atom stereocenters. The number of rotatable bonds is 11. The summed E-state index contributed by atoms with van der Waals surface area (Å²) in [5.41, 5.74) is 3.56. The number of hydrogen-bond donors (Lipinski definition) is 2. The maximum absolute atomic E-state index is 12.0. The Morgan fingerprint density at radius 1 is 1.07 bits per heavy atom. The minimum atomic E-state index is -0.0941. The summed E-state index contributed by atoms with van der Waals surface area (Å²) >= 11 is 2.59. The summed E-state index contributed by atoms with van der Waals surface area (Å²) < 4.78 is 1.07. The zero-order valence-electron chi connectivity index (χ0n) is 15.5. The Morgan fingerprint density at radius 2 is 1.85 bits per heavy atom. The molecule has 0 saturated heterocycles. The highest BCUT2D eigenvalue weighted by atomic mass is 32.2. The second kappa shape index (κ2) is 11.7. The van der Waals surface area contributed by atoms with E-state index in [9.17, 15) is 14.4 Å². The summed E-state index contributed by atoms with van der Waals surface area (Å²) in [6.07, 6.45) is 5.34. The van der Waals surface area contributed by atoms with Crippen LogP contribution in [0.5, 0.6) is 0 Å². The molecule has 0 aliphatic rings. The number of carbonyl (C=O) groups is 3. The fraction of sp³-hybridized carbons (Fsp3) is 0.474. The molecular weight excluding hydrogens is 382 g/mol. The highest BCUT2D eigenvalue weighted by Gasteiger charge is 2.05. The normalized spacial score (nSPS) is 10.7. The predicted molar refractivity (Wildman–Crippen MR) is 112 cm³/mol. The third kappa shape index (κ3) is 8.53. The molecule has 1 aromatic carbocycles. The van der Waals surface area contributed by atoms with Gasteiger partial charge in [0.15, 0.2) is 5.12 Å². The van der Waals surface area contributed by atoms with Gasteiger partial charge in [0.2, 0.25) is 11.8 Å². The zero-order chi connectivity index (χ0) is 19.5. The standard InChI is InChI=1S/C19H25N3O3S2/c1-14(23)26-12-19(25)20-10-6-4-2-3-5-7-18(24)22-15-8-9-16-17(11-15)27-13-21-16/h8-9,11,13H,2-7,10,12H2,1H3,(H,20,25)(H,22,24). The molecule has 27 heavy (non-hydrogen) atoms. The van der Waals surface area contributed by atoms with Crippen LogP contribution < -0.4 is 10.6 Å². The lowest BCUT2D eigenvalue weighted by Gasteiger charge is -2.06. The number of benzene rings is 1. The minimum absolute atomic E-state index is 0.0362. The molecule has 146 valence electrons. The molecule has 0 bridgehead atoms. The smallest absolute Gasteiger partial charge is 0.230 e. The molecule has 2 N–H and O–H groups in total. The number of nitrogens with one attached hydrogen (secondary N) is 2. The van der Waals surface area contributed by atoms with Gasteiger partial charge in [0.25, 0.3) is 0 Å². The number of carbonyl (C=O) groups excluding carboxylic acids is 3. The van der Waals surface area contributed by atoms with Crippen LogP contribution in [0.25, 0.3) is 10.2 Å². The maximum atomic E-state index is 12.0. The summed E-state index contributed by atoms with van der Waals surface area (Å²) in [5, 5.41) is 5.70. The number of nitrogens with zero attached hydrogens (tertiary/aromatic N) is 1. The molecule has 2 aromatic rings. The first-order chi connectivity index (χ1) is 13.0. The van der Waals surface area contributed by atoms with Crippen molar-refractivity contribution < 1.29 is 14.4 Å². The highest BCUT2D eigenvalue weighted by Crippen LogP contribution is 2.22. The highest BCUT2D eigenvalue weighted by molar-refractivity contribution is 8.14. The van der Waals surface area contributed by atoms with Crippen molar-refractivity contribution >= 4 is 55.9 Å². The van der Waals surface area contributed by atoms with Crippen molar-refractivity contribution in [3.8, 4) is 0 Å². The molecule has 8 heteroatoms. The van der Waals surface area contributed by atoms with Crippen LogP contribution in [0.1, 0.15) is 45.4 Å². The second-order valence-corrected chi connectivity index (χ2v) is 8.27. The van der Waals surface area contributed by atoms with Crippen molar-refractivity contribution in [1.29, 1.82) is 0 Å². The third-order valence-electron chi connectivity index (χ3n) is 3.92. The molecule has 0 radical (unpaired) electrons.